The Bertz CT molecular complexity index is 936. The van der Waals surface area contributed by atoms with E-state index in [-0.39, 0.29) is 5.41 Å². The van der Waals surface area contributed by atoms with Gasteiger partial charge in [0.2, 0.25) is 5.36 Å². The van der Waals surface area contributed by atoms with Crippen molar-refractivity contribution >= 4 is 23.2 Å². The molecule has 23 heavy (non-hydrogen) atoms. The molecule has 118 valence electrons. The molecule has 1 fully saturated rings. The van der Waals surface area contributed by atoms with E-state index in [0.29, 0.717) is 11.4 Å². The molecule has 1 aliphatic carbocycles. The summed E-state index contributed by atoms with van der Waals surface area (Å²) in [7, 11) is 0. The molecular weight excluding hydrogens is 290 g/mol. The highest BCUT2D eigenvalue weighted by atomic mass is 16.3. The third-order valence-electron chi connectivity index (χ3n) is 6.91. The molecule has 0 radical (unpaired) electrons. The Morgan fingerprint density at radius 3 is 2.83 bits per heavy atom. The molecule has 3 N–H and O–H groups in total. The molecule has 2 bridgehead atoms. The molecule has 0 aromatic heterocycles. The third kappa shape index (κ3) is 1.24. The average Bonchev–Trinajstić information content (AvgIpc) is 2.92. The van der Waals surface area contributed by atoms with Crippen molar-refractivity contribution in [2.45, 2.75) is 49.7 Å². The first kappa shape index (κ1) is 12.5. The fraction of sp³-hybridized carbons (Fsp3) is 0.556. The molecule has 7 rings (SSSR count). The van der Waals surface area contributed by atoms with Crippen LogP contribution in [0.4, 0.5) is 11.4 Å². The number of hydrogen-bond acceptors (Lipinski definition) is 4. The van der Waals surface area contributed by atoms with Crippen LogP contribution >= 0.6 is 0 Å². The van der Waals surface area contributed by atoms with Gasteiger partial charge in [0.25, 0.3) is 5.72 Å². The van der Waals surface area contributed by atoms with E-state index >= 15 is 0 Å². The molecule has 5 aliphatic heterocycles. The van der Waals surface area contributed by atoms with Crippen molar-refractivity contribution in [1.82, 2.24) is 4.58 Å². The smallest absolute Gasteiger partial charge is 0.265 e. The highest BCUT2D eigenvalue weighted by Gasteiger charge is 2.56. The molecule has 0 unspecified atom stereocenters. The number of aromatic hydroxyl groups is 1. The average molecular weight is 310 g/mol. The summed E-state index contributed by atoms with van der Waals surface area (Å²) in [6, 6.07) is 0. The fourth-order valence-electron chi connectivity index (χ4n) is 5.71. The summed E-state index contributed by atoms with van der Waals surface area (Å²) in [5.74, 6) is 0.309. The van der Waals surface area contributed by atoms with Gasteiger partial charge < -0.3 is 15.5 Å². The maximum Gasteiger partial charge on any atom is 0.265 e. The third-order valence-corrected chi connectivity index (χ3v) is 6.91. The van der Waals surface area contributed by atoms with Gasteiger partial charge in [-0.15, -0.1) is 0 Å². The number of aliphatic hydroxyl groups is 1. The number of phenolic OH excluding ortho intramolecular Hbond substituents is 1. The van der Waals surface area contributed by atoms with E-state index in [9.17, 15) is 10.2 Å². The van der Waals surface area contributed by atoms with Gasteiger partial charge in [0.1, 0.15) is 5.69 Å². The van der Waals surface area contributed by atoms with Crippen molar-refractivity contribution in [3.8, 4) is 5.75 Å². The standard InChI is InChI=1S/C18H19N3O2/c22-16-13-11-10(9-20-13)1-8-21-15(11)12-14(16)19-7-6-17(12)2-4-18(21,23)5-3-17/h9,23H,1-8H2,(H,19,20,22)/p+1. The van der Waals surface area contributed by atoms with Crippen LogP contribution in [0, 0.1) is 0 Å². The summed E-state index contributed by atoms with van der Waals surface area (Å²) in [5.41, 5.74) is 3.43. The summed E-state index contributed by atoms with van der Waals surface area (Å²) in [4.78, 5) is 4.50. The first-order valence-electron chi connectivity index (χ1n) is 8.71. The normalized spacial score (nSPS) is 35.2. The minimum absolute atomic E-state index is 0.106. The lowest BCUT2D eigenvalue weighted by Gasteiger charge is -2.41. The van der Waals surface area contributed by atoms with Gasteiger partial charge in [0.15, 0.2) is 12.3 Å². The zero-order valence-corrected chi connectivity index (χ0v) is 13.0. The number of nitrogens with zero attached hydrogens (tertiary/aromatic N) is 2. The molecule has 0 atom stereocenters. The number of nitrogens with one attached hydrogen (secondary N) is 1. The van der Waals surface area contributed by atoms with Crippen LogP contribution in [0.3, 0.4) is 0 Å². The second kappa shape index (κ2) is 3.61. The Kier molecular flexibility index (Phi) is 1.97. The first-order valence-corrected chi connectivity index (χ1v) is 8.71. The summed E-state index contributed by atoms with van der Waals surface area (Å²) in [5, 5.41) is 27.9. The lowest BCUT2D eigenvalue weighted by molar-refractivity contribution is -0.0589. The van der Waals surface area contributed by atoms with Gasteiger partial charge in [-0.1, -0.05) is 0 Å². The topological polar surface area (TPSA) is 67.9 Å². The first-order chi connectivity index (χ1) is 11.1. The summed E-state index contributed by atoms with van der Waals surface area (Å²) in [6.07, 6.45) is 7.56. The van der Waals surface area contributed by atoms with Crippen LogP contribution in [0.25, 0.3) is 5.57 Å². The molecular formula is C18H20N3O2+. The van der Waals surface area contributed by atoms with Crippen molar-refractivity contribution in [2.24, 2.45) is 4.99 Å². The number of hydrogen-bond donors (Lipinski definition) is 3. The van der Waals surface area contributed by atoms with Gasteiger partial charge in [0.05, 0.1) is 16.5 Å². The van der Waals surface area contributed by atoms with Gasteiger partial charge >= 0.3 is 0 Å². The van der Waals surface area contributed by atoms with Gasteiger partial charge in [-0.3, -0.25) is 4.99 Å². The molecule has 1 aromatic rings. The predicted octanol–water partition coefficient (Wildman–Crippen LogP) is 0.483. The van der Waals surface area contributed by atoms with Crippen molar-refractivity contribution in [3.63, 3.8) is 0 Å². The molecule has 1 saturated carbocycles. The number of benzene rings is 1. The SMILES string of the molecule is Oc1c2c3c4c5c1N=CC=5CC[N+]=4C1(O)CCC3(CCN2)CC1. The molecule has 0 amide bonds. The van der Waals surface area contributed by atoms with Crippen LogP contribution in [0.1, 0.15) is 44.1 Å². The maximum atomic E-state index is 11.3. The maximum absolute atomic E-state index is 11.3. The lowest BCUT2D eigenvalue weighted by Crippen LogP contribution is -2.56. The Morgan fingerprint density at radius 2 is 2.00 bits per heavy atom. The zero-order valence-electron chi connectivity index (χ0n) is 13.0. The highest BCUT2D eigenvalue weighted by Crippen LogP contribution is 2.53. The van der Waals surface area contributed by atoms with E-state index in [1.54, 1.807) is 0 Å². The Labute approximate surface area is 133 Å². The molecule has 1 spiro atoms. The number of anilines is 1. The molecule has 0 saturated heterocycles. The van der Waals surface area contributed by atoms with Crippen molar-refractivity contribution in [3.05, 3.63) is 16.1 Å². The Hall–Kier alpha value is -1.88. The van der Waals surface area contributed by atoms with Crippen LogP contribution in [-0.4, -0.2) is 35.2 Å². The second-order valence-corrected chi connectivity index (χ2v) is 7.80. The predicted molar refractivity (Wildman–Crippen MR) is 87.8 cm³/mol. The van der Waals surface area contributed by atoms with Crippen molar-refractivity contribution in [1.29, 1.82) is 0 Å². The van der Waals surface area contributed by atoms with E-state index in [1.807, 2.05) is 6.21 Å². The molecule has 5 heteroatoms. The molecule has 1 aromatic carbocycles. The zero-order chi connectivity index (χ0) is 15.4. The van der Waals surface area contributed by atoms with Crippen LogP contribution in [-0.2, 0) is 5.41 Å². The van der Waals surface area contributed by atoms with Gasteiger partial charge in [-0.2, -0.15) is 4.58 Å². The number of fused-ring (bicyclic) bond motifs is 2. The van der Waals surface area contributed by atoms with E-state index in [4.69, 9.17) is 0 Å². The molecule has 5 heterocycles. The monoisotopic (exact) mass is 310 g/mol. The van der Waals surface area contributed by atoms with Crippen molar-refractivity contribution < 1.29 is 10.2 Å². The van der Waals surface area contributed by atoms with Crippen LogP contribution in [0.5, 0.6) is 5.75 Å². The van der Waals surface area contributed by atoms with Gasteiger partial charge in [0, 0.05) is 37.4 Å². The Morgan fingerprint density at radius 1 is 1.17 bits per heavy atom. The minimum Gasteiger partial charge on any atom is -0.504 e. The highest BCUT2D eigenvalue weighted by molar-refractivity contribution is 6.08. The number of aliphatic imine (C=N–C) groups is 1. The summed E-state index contributed by atoms with van der Waals surface area (Å²) in [6.45, 7) is 1.73. The van der Waals surface area contributed by atoms with Crippen LogP contribution < -0.4 is 20.5 Å². The van der Waals surface area contributed by atoms with E-state index in [0.717, 1.165) is 67.9 Å². The van der Waals surface area contributed by atoms with Gasteiger partial charge in [-0.25, -0.2) is 0 Å². The summed E-state index contributed by atoms with van der Waals surface area (Å²) < 4.78 is 2.24. The lowest BCUT2D eigenvalue weighted by atomic mass is 9.64. The summed E-state index contributed by atoms with van der Waals surface area (Å²) >= 11 is 0. The molecule has 6 aliphatic rings. The largest absolute Gasteiger partial charge is 0.504 e. The molecule has 5 nitrogen and oxygen atoms in total. The van der Waals surface area contributed by atoms with Crippen LogP contribution in [0.15, 0.2) is 4.99 Å². The second-order valence-electron chi connectivity index (χ2n) is 7.80. The van der Waals surface area contributed by atoms with Crippen LogP contribution in [0.2, 0.25) is 0 Å². The van der Waals surface area contributed by atoms with E-state index in [1.165, 1.54) is 11.1 Å². The number of phenols is 1. The van der Waals surface area contributed by atoms with E-state index in [2.05, 4.69) is 14.9 Å². The minimum atomic E-state index is -0.727. The van der Waals surface area contributed by atoms with Crippen molar-refractivity contribution in [2.75, 3.05) is 18.4 Å². The fourth-order valence-corrected chi connectivity index (χ4v) is 5.71. The Balaban J connectivity index is 1.93. The van der Waals surface area contributed by atoms with E-state index < -0.39 is 5.72 Å². The number of rotatable bonds is 0. The quantitative estimate of drug-likeness (QED) is 0.482. The van der Waals surface area contributed by atoms with Gasteiger partial charge in [-0.05, 0) is 24.8 Å².